The van der Waals surface area contributed by atoms with Crippen molar-refractivity contribution >= 4 is 29.0 Å². The van der Waals surface area contributed by atoms with E-state index in [0.29, 0.717) is 6.54 Å². The lowest BCUT2D eigenvalue weighted by Crippen LogP contribution is -2.38. The van der Waals surface area contributed by atoms with Gasteiger partial charge in [-0.1, -0.05) is 0 Å². The first kappa shape index (κ1) is 19.4. The number of ether oxygens (including phenoxy) is 1. The van der Waals surface area contributed by atoms with Crippen LogP contribution >= 0.6 is 11.3 Å². The topological polar surface area (TPSA) is 79.5 Å². The predicted molar refractivity (Wildman–Crippen MR) is 93.8 cm³/mol. The number of nitrogens with one attached hydrogen (secondary N) is 3. The van der Waals surface area contributed by atoms with Crippen LogP contribution in [-0.2, 0) is 16.1 Å². The molecular formula is C16H27N3O3S. The summed E-state index contributed by atoms with van der Waals surface area (Å²) in [5.74, 6) is -0.0696. The van der Waals surface area contributed by atoms with E-state index in [9.17, 15) is 9.59 Å². The monoisotopic (exact) mass is 341 g/mol. The fourth-order valence-corrected chi connectivity index (χ4v) is 2.68. The summed E-state index contributed by atoms with van der Waals surface area (Å²) in [5, 5.41) is 10.9. The molecule has 0 aliphatic carbocycles. The molecule has 0 spiro atoms. The molecule has 0 aliphatic rings. The minimum Gasteiger partial charge on any atom is -0.444 e. The van der Waals surface area contributed by atoms with Crippen molar-refractivity contribution in [2.45, 2.75) is 59.2 Å². The number of hydrogen-bond acceptors (Lipinski definition) is 5. The Hall–Kier alpha value is -1.60. The highest BCUT2D eigenvalue weighted by atomic mass is 32.1. The van der Waals surface area contributed by atoms with Crippen LogP contribution in [0.25, 0.3) is 0 Å². The van der Waals surface area contributed by atoms with E-state index in [0.717, 1.165) is 23.5 Å². The van der Waals surface area contributed by atoms with E-state index < -0.39 is 11.7 Å². The summed E-state index contributed by atoms with van der Waals surface area (Å²) in [5.41, 5.74) is 0.372. The van der Waals surface area contributed by atoms with Gasteiger partial charge in [-0.25, -0.2) is 4.79 Å². The van der Waals surface area contributed by atoms with Gasteiger partial charge in [-0.15, -0.1) is 11.3 Å². The fraction of sp³-hybridized carbons (Fsp3) is 0.625. The van der Waals surface area contributed by atoms with E-state index in [1.165, 1.54) is 6.92 Å². The standard InChI is InChI=1S/C16H27N3O3S/c1-11(18-15(21)22-16(3,4)5)6-8-17-10-14-13(7-9-23-14)19-12(2)20/h7,9,11,17H,6,8,10H2,1-5H3,(H,18,21)(H,19,20). The van der Waals surface area contributed by atoms with Crippen molar-refractivity contribution in [1.29, 1.82) is 0 Å². The highest BCUT2D eigenvalue weighted by Gasteiger charge is 2.17. The van der Waals surface area contributed by atoms with Crippen LogP contribution in [0.4, 0.5) is 10.5 Å². The van der Waals surface area contributed by atoms with Gasteiger partial charge in [0, 0.05) is 24.4 Å². The SMILES string of the molecule is CC(=O)Nc1ccsc1CNCCC(C)NC(=O)OC(C)(C)C. The number of alkyl carbamates (subject to hydrolysis) is 1. The summed E-state index contributed by atoms with van der Waals surface area (Å²) < 4.78 is 5.22. The van der Waals surface area contributed by atoms with Gasteiger partial charge >= 0.3 is 6.09 Å². The molecule has 7 heteroatoms. The molecule has 1 atom stereocenters. The van der Waals surface area contributed by atoms with Crippen LogP contribution in [0.15, 0.2) is 11.4 Å². The minimum absolute atomic E-state index is 0.0236. The molecule has 0 radical (unpaired) electrons. The molecule has 0 saturated carbocycles. The van der Waals surface area contributed by atoms with E-state index in [-0.39, 0.29) is 11.9 Å². The summed E-state index contributed by atoms with van der Waals surface area (Å²) in [7, 11) is 0. The van der Waals surface area contributed by atoms with E-state index in [4.69, 9.17) is 4.74 Å². The van der Waals surface area contributed by atoms with Gasteiger partial charge in [0.2, 0.25) is 5.91 Å². The van der Waals surface area contributed by atoms with Crippen LogP contribution in [0.3, 0.4) is 0 Å². The highest BCUT2D eigenvalue weighted by molar-refractivity contribution is 7.10. The largest absolute Gasteiger partial charge is 0.444 e. The predicted octanol–water partition coefficient (Wildman–Crippen LogP) is 3.10. The summed E-state index contributed by atoms with van der Waals surface area (Å²) in [6, 6.07) is 1.92. The first-order chi connectivity index (χ1) is 10.7. The molecule has 2 amide bonds. The molecule has 0 saturated heterocycles. The average Bonchev–Trinajstić information content (AvgIpc) is 2.78. The maximum Gasteiger partial charge on any atom is 0.407 e. The van der Waals surface area contributed by atoms with Gasteiger partial charge in [-0.2, -0.15) is 0 Å². The van der Waals surface area contributed by atoms with Crippen LogP contribution in [0.5, 0.6) is 0 Å². The zero-order valence-electron chi connectivity index (χ0n) is 14.5. The molecular weight excluding hydrogens is 314 g/mol. The number of thiophene rings is 1. The van der Waals surface area contributed by atoms with Crippen molar-refractivity contribution in [2.24, 2.45) is 0 Å². The number of carbonyl (C=O) groups excluding carboxylic acids is 2. The minimum atomic E-state index is -0.485. The van der Waals surface area contributed by atoms with Crippen molar-refractivity contribution in [2.75, 3.05) is 11.9 Å². The molecule has 3 N–H and O–H groups in total. The van der Waals surface area contributed by atoms with Crippen LogP contribution in [0.1, 0.15) is 45.9 Å². The molecule has 1 heterocycles. The molecule has 1 unspecified atom stereocenters. The Bertz CT molecular complexity index is 523. The Morgan fingerprint density at radius 2 is 2.04 bits per heavy atom. The molecule has 23 heavy (non-hydrogen) atoms. The van der Waals surface area contributed by atoms with Gasteiger partial charge in [-0.05, 0) is 52.1 Å². The normalized spacial score (nSPS) is 12.6. The third-order valence-electron chi connectivity index (χ3n) is 2.86. The molecule has 1 aromatic heterocycles. The quantitative estimate of drug-likeness (QED) is 0.666. The van der Waals surface area contributed by atoms with Gasteiger partial charge in [0.25, 0.3) is 0 Å². The van der Waals surface area contributed by atoms with E-state index in [1.807, 2.05) is 39.1 Å². The van der Waals surface area contributed by atoms with Crippen LogP contribution in [0.2, 0.25) is 0 Å². The van der Waals surface area contributed by atoms with E-state index >= 15 is 0 Å². The Kier molecular flexibility index (Phi) is 7.51. The van der Waals surface area contributed by atoms with Crippen molar-refractivity contribution in [1.82, 2.24) is 10.6 Å². The lowest BCUT2D eigenvalue weighted by Gasteiger charge is -2.22. The van der Waals surface area contributed by atoms with Gasteiger partial charge in [0.15, 0.2) is 0 Å². The Morgan fingerprint density at radius 1 is 1.35 bits per heavy atom. The third-order valence-corrected chi connectivity index (χ3v) is 3.78. The Morgan fingerprint density at radius 3 is 2.65 bits per heavy atom. The van der Waals surface area contributed by atoms with E-state index in [2.05, 4.69) is 16.0 Å². The molecule has 0 aromatic carbocycles. The van der Waals surface area contributed by atoms with Crippen LogP contribution in [0, 0.1) is 0 Å². The van der Waals surface area contributed by atoms with Gasteiger partial charge in [-0.3, -0.25) is 4.79 Å². The molecule has 130 valence electrons. The first-order valence-electron chi connectivity index (χ1n) is 7.71. The van der Waals surface area contributed by atoms with Gasteiger partial charge in [0.05, 0.1) is 5.69 Å². The lowest BCUT2D eigenvalue weighted by atomic mass is 10.2. The number of carbonyl (C=O) groups is 2. The van der Waals surface area contributed by atoms with Gasteiger partial charge in [0.1, 0.15) is 5.60 Å². The smallest absolute Gasteiger partial charge is 0.407 e. The molecule has 0 bridgehead atoms. The zero-order valence-corrected chi connectivity index (χ0v) is 15.3. The van der Waals surface area contributed by atoms with E-state index in [1.54, 1.807) is 11.3 Å². The second kappa shape index (κ2) is 8.88. The van der Waals surface area contributed by atoms with Crippen LogP contribution < -0.4 is 16.0 Å². The summed E-state index contributed by atoms with van der Waals surface area (Å²) in [6.07, 6.45) is 0.399. The number of amides is 2. The summed E-state index contributed by atoms with van der Waals surface area (Å²) >= 11 is 1.60. The number of hydrogen-bond donors (Lipinski definition) is 3. The first-order valence-corrected chi connectivity index (χ1v) is 8.59. The van der Waals surface area contributed by atoms with Crippen LogP contribution in [-0.4, -0.2) is 30.2 Å². The second-order valence-electron chi connectivity index (χ2n) is 6.45. The lowest BCUT2D eigenvalue weighted by molar-refractivity contribution is -0.114. The average molecular weight is 341 g/mol. The van der Waals surface area contributed by atoms with Crippen molar-refractivity contribution in [3.05, 3.63) is 16.3 Å². The Balaban J connectivity index is 2.25. The molecule has 6 nitrogen and oxygen atoms in total. The summed E-state index contributed by atoms with van der Waals surface area (Å²) in [6.45, 7) is 10.4. The Labute approximate surface area is 142 Å². The zero-order chi connectivity index (χ0) is 17.5. The summed E-state index contributed by atoms with van der Waals surface area (Å²) in [4.78, 5) is 23.8. The molecule has 1 rings (SSSR count). The van der Waals surface area contributed by atoms with Gasteiger partial charge < -0.3 is 20.7 Å². The molecule has 0 fully saturated rings. The second-order valence-corrected chi connectivity index (χ2v) is 7.45. The van der Waals surface area contributed by atoms with Crippen molar-refractivity contribution in [3.63, 3.8) is 0 Å². The molecule has 0 aliphatic heterocycles. The fourth-order valence-electron chi connectivity index (χ4n) is 1.88. The maximum absolute atomic E-state index is 11.6. The number of anilines is 1. The molecule has 1 aromatic rings. The third kappa shape index (κ3) is 8.56. The maximum atomic E-state index is 11.6. The van der Waals surface area contributed by atoms with Crippen molar-refractivity contribution < 1.29 is 14.3 Å². The number of rotatable bonds is 7. The van der Waals surface area contributed by atoms with Crippen molar-refractivity contribution in [3.8, 4) is 0 Å². The highest BCUT2D eigenvalue weighted by Crippen LogP contribution is 2.21.